The van der Waals surface area contributed by atoms with Crippen LogP contribution in [0.25, 0.3) is 0 Å². The number of sulfonamides is 1. The van der Waals surface area contributed by atoms with Crippen molar-refractivity contribution in [3.63, 3.8) is 0 Å². The van der Waals surface area contributed by atoms with Gasteiger partial charge in [-0.15, -0.1) is 11.3 Å². The standard InChI is InChI=1S/C18H21N3O6S2/c22-21(23)16-8-13(18-14(9-16)11-26-12-27-18)10-20-5-3-15(4-6-20)19-29(24,25)17-2-1-7-28-17/h1-2,7-9,15,19H,3-6,10-12H2. The van der Waals surface area contributed by atoms with Gasteiger partial charge in [0.2, 0.25) is 10.0 Å². The predicted octanol–water partition coefficient (Wildman–Crippen LogP) is 2.47. The summed E-state index contributed by atoms with van der Waals surface area (Å²) < 4.78 is 38.7. The summed E-state index contributed by atoms with van der Waals surface area (Å²) in [5.41, 5.74) is 1.46. The van der Waals surface area contributed by atoms with Gasteiger partial charge in [-0.3, -0.25) is 15.0 Å². The minimum absolute atomic E-state index is 0.0199. The Balaban J connectivity index is 1.41. The van der Waals surface area contributed by atoms with Crippen molar-refractivity contribution in [2.45, 2.75) is 36.2 Å². The number of nitro groups is 1. The summed E-state index contributed by atoms with van der Waals surface area (Å²) in [5, 5.41) is 13.0. The number of nitrogens with one attached hydrogen (secondary N) is 1. The van der Waals surface area contributed by atoms with E-state index < -0.39 is 14.9 Å². The Morgan fingerprint density at radius 2 is 2.10 bits per heavy atom. The van der Waals surface area contributed by atoms with Crippen LogP contribution in [0, 0.1) is 10.1 Å². The van der Waals surface area contributed by atoms with Crippen molar-refractivity contribution in [2.75, 3.05) is 19.9 Å². The summed E-state index contributed by atoms with van der Waals surface area (Å²) in [6.45, 7) is 2.30. The number of hydrogen-bond donors (Lipinski definition) is 1. The number of non-ortho nitro benzene ring substituents is 1. The fraction of sp³-hybridized carbons (Fsp3) is 0.444. The minimum atomic E-state index is -3.48. The lowest BCUT2D eigenvalue weighted by Crippen LogP contribution is -2.44. The molecule has 1 fully saturated rings. The van der Waals surface area contributed by atoms with Gasteiger partial charge in [-0.25, -0.2) is 13.1 Å². The fourth-order valence-electron chi connectivity index (χ4n) is 3.65. The SMILES string of the molecule is O=[N+]([O-])c1cc2c(c(CN3CCC(NS(=O)(=O)c4cccs4)CC3)c1)OCOC2. The molecule has 1 saturated heterocycles. The monoisotopic (exact) mass is 439 g/mol. The summed E-state index contributed by atoms with van der Waals surface area (Å²) in [6, 6.07) is 6.23. The van der Waals surface area contributed by atoms with E-state index in [0.717, 1.165) is 5.56 Å². The number of nitrogens with zero attached hydrogens (tertiary/aromatic N) is 2. The molecule has 1 N–H and O–H groups in total. The highest BCUT2D eigenvalue weighted by molar-refractivity contribution is 7.91. The smallest absolute Gasteiger partial charge is 0.270 e. The number of thiophene rings is 1. The fourth-order valence-corrected chi connectivity index (χ4v) is 5.96. The van der Waals surface area contributed by atoms with Gasteiger partial charge in [0.15, 0.2) is 6.79 Å². The van der Waals surface area contributed by atoms with Gasteiger partial charge in [-0.1, -0.05) is 6.07 Å². The van der Waals surface area contributed by atoms with E-state index in [1.807, 2.05) is 0 Å². The Labute approximate surface area is 172 Å². The van der Waals surface area contributed by atoms with E-state index in [9.17, 15) is 18.5 Å². The van der Waals surface area contributed by atoms with Gasteiger partial charge >= 0.3 is 0 Å². The largest absolute Gasteiger partial charge is 0.467 e. The molecule has 11 heteroatoms. The number of ether oxygens (including phenoxy) is 2. The normalized spacial score (nSPS) is 18.2. The molecule has 0 saturated carbocycles. The van der Waals surface area contributed by atoms with Crippen molar-refractivity contribution in [1.82, 2.24) is 9.62 Å². The molecule has 0 atom stereocenters. The Kier molecular flexibility index (Phi) is 5.83. The van der Waals surface area contributed by atoms with Crippen LogP contribution in [-0.4, -0.2) is 44.2 Å². The van der Waals surface area contributed by atoms with Gasteiger partial charge < -0.3 is 9.47 Å². The first-order valence-corrected chi connectivity index (χ1v) is 11.6. The van der Waals surface area contributed by atoms with Crippen LogP contribution in [0.15, 0.2) is 33.9 Å². The molecule has 3 heterocycles. The van der Waals surface area contributed by atoms with Crippen molar-refractivity contribution >= 4 is 27.0 Å². The zero-order valence-electron chi connectivity index (χ0n) is 15.6. The second-order valence-corrected chi connectivity index (χ2v) is 9.95. The van der Waals surface area contributed by atoms with Gasteiger partial charge in [0.25, 0.3) is 5.69 Å². The van der Waals surface area contributed by atoms with Gasteiger partial charge in [0.1, 0.15) is 9.96 Å². The van der Waals surface area contributed by atoms with Crippen LogP contribution < -0.4 is 9.46 Å². The lowest BCUT2D eigenvalue weighted by molar-refractivity contribution is -0.385. The van der Waals surface area contributed by atoms with Gasteiger partial charge in [0.05, 0.1) is 11.5 Å². The number of likely N-dealkylation sites (tertiary alicyclic amines) is 1. The highest BCUT2D eigenvalue weighted by atomic mass is 32.2. The number of benzene rings is 1. The first kappa shape index (κ1) is 20.2. The summed E-state index contributed by atoms with van der Waals surface area (Å²) in [4.78, 5) is 13.0. The van der Waals surface area contributed by atoms with E-state index in [-0.39, 0.29) is 25.1 Å². The van der Waals surface area contributed by atoms with Crippen LogP contribution in [0.4, 0.5) is 5.69 Å². The Morgan fingerprint density at radius 3 is 2.79 bits per heavy atom. The summed E-state index contributed by atoms with van der Waals surface area (Å²) in [7, 11) is -3.48. The van der Waals surface area contributed by atoms with Crippen LogP contribution in [0.2, 0.25) is 0 Å². The number of nitro benzene ring substituents is 1. The quantitative estimate of drug-likeness (QED) is 0.544. The highest BCUT2D eigenvalue weighted by Gasteiger charge is 2.27. The lowest BCUT2D eigenvalue weighted by Gasteiger charge is -2.32. The molecule has 29 heavy (non-hydrogen) atoms. The molecule has 0 unspecified atom stereocenters. The molecule has 0 spiro atoms. The zero-order valence-corrected chi connectivity index (χ0v) is 17.2. The van der Waals surface area contributed by atoms with Crippen molar-refractivity contribution in [3.8, 4) is 5.75 Å². The molecule has 0 bridgehead atoms. The third-order valence-electron chi connectivity index (χ3n) is 5.05. The maximum absolute atomic E-state index is 12.4. The van der Waals surface area contributed by atoms with Gasteiger partial charge in [-0.05, 0) is 24.3 Å². The van der Waals surface area contributed by atoms with Crippen LogP contribution in [0.3, 0.4) is 0 Å². The van der Waals surface area contributed by atoms with Crippen LogP contribution in [0.5, 0.6) is 5.75 Å². The lowest BCUT2D eigenvalue weighted by atomic mass is 10.0. The van der Waals surface area contributed by atoms with Crippen molar-refractivity contribution in [2.24, 2.45) is 0 Å². The number of hydrogen-bond acceptors (Lipinski definition) is 8. The molecule has 2 aliphatic heterocycles. The molecular formula is C18H21N3O6S2. The van der Waals surface area contributed by atoms with Gasteiger partial charge in [0, 0.05) is 48.9 Å². The van der Waals surface area contributed by atoms with E-state index in [0.29, 0.717) is 48.0 Å². The average Bonchev–Trinajstić information content (AvgIpc) is 3.25. The third kappa shape index (κ3) is 4.59. The topological polar surface area (TPSA) is 111 Å². The molecule has 1 aromatic heterocycles. The Morgan fingerprint density at radius 1 is 1.31 bits per heavy atom. The van der Waals surface area contributed by atoms with Crippen molar-refractivity contribution < 1.29 is 22.8 Å². The van der Waals surface area contributed by atoms with E-state index in [1.54, 1.807) is 23.6 Å². The molecular weight excluding hydrogens is 418 g/mol. The van der Waals surface area contributed by atoms with E-state index in [2.05, 4.69) is 9.62 Å². The highest BCUT2D eigenvalue weighted by Crippen LogP contribution is 2.34. The second-order valence-electron chi connectivity index (χ2n) is 7.06. The average molecular weight is 440 g/mol. The molecule has 2 aliphatic rings. The summed E-state index contributed by atoms with van der Waals surface area (Å²) in [5.74, 6) is 0.655. The summed E-state index contributed by atoms with van der Waals surface area (Å²) >= 11 is 1.20. The maximum Gasteiger partial charge on any atom is 0.270 e. The van der Waals surface area contributed by atoms with Crippen LogP contribution >= 0.6 is 11.3 Å². The second kappa shape index (κ2) is 8.36. The van der Waals surface area contributed by atoms with E-state index in [4.69, 9.17) is 9.47 Å². The van der Waals surface area contributed by atoms with Gasteiger partial charge in [-0.2, -0.15) is 0 Å². The third-order valence-corrected chi connectivity index (χ3v) is 7.96. The van der Waals surface area contributed by atoms with E-state index in [1.165, 1.54) is 17.4 Å². The number of piperidine rings is 1. The predicted molar refractivity (Wildman–Crippen MR) is 106 cm³/mol. The van der Waals surface area contributed by atoms with Crippen molar-refractivity contribution in [3.05, 3.63) is 50.9 Å². The Bertz CT molecular complexity index is 985. The summed E-state index contributed by atoms with van der Waals surface area (Å²) in [6.07, 6.45) is 1.34. The maximum atomic E-state index is 12.4. The molecule has 0 radical (unpaired) electrons. The Hall–Kier alpha value is -2.05. The number of fused-ring (bicyclic) bond motifs is 1. The van der Waals surface area contributed by atoms with Crippen LogP contribution in [0.1, 0.15) is 24.0 Å². The minimum Gasteiger partial charge on any atom is -0.467 e. The number of rotatable bonds is 6. The first-order valence-electron chi connectivity index (χ1n) is 9.21. The molecule has 9 nitrogen and oxygen atoms in total. The molecule has 4 rings (SSSR count). The molecule has 0 aliphatic carbocycles. The molecule has 2 aromatic rings. The molecule has 0 amide bonds. The zero-order chi connectivity index (χ0) is 20.4. The molecule has 1 aromatic carbocycles. The first-order chi connectivity index (χ1) is 13.9. The van der Waals surface area contributed by atoms with Crippen LogP contribution in [-0.2, 0) is 27.9 Å². The van der Waals surface area contributed by atoms with E-state index >= 15 is 0 Å². The van der Waals surface area contributed by atoms with Crippen molar-refractivity contribution in [1.29, 1.82) is 0 Å². The molecule has 156 valence electrons.